The Morgan fingerprint density at radius 1 is 1.33 bits per heavy atom. The van der Waals surface area contributed by atoms with Crippen LogP contribution in [0.15, 0.2) is 12.7 Å². The van der Waals surface area contributed by atoms with Gasteiger partial charge in [-0.1, -0.05) is 18.9 Å². The molecule has 0 aromatic carbocycles. The number of carbonyl (C=O) groups is 2. The standard InChI is InChI=1S/C13H21NO3S/c1-2-8-18-9-7-14-12(15)10-5-3-4-6-11(10)13(16)17/h2,10-11H,1,3-9H2,(H,14,15)(H,16,17)/t10-,11+/m1/s1. The zero-order chi connectivity index (χ0) is 13.4. The van der Waals surface area contributed by atoms with E-state index in [0.29, 0.717) is 19.4 Å². The molecule has 4 nitrogen and oxygen atoms in total. The maximum Gasteiger partial charge on any atom is 0.307 e. The fourth-order valence-corrected chi connectivity index (χ4v) is 2.86. The van der Waals surface area contributed by atoms with Gasteiger partial charge in [0.05, 0.1) is 11.8 Å². The van der Waals surface area contributed by atoms with Crippen molar-refractivity contribution in [1.29, 1.82) is 0 Å². The van der Waals surface area contributed by atoms with Crippen LogP contribution in [0, 0.1) is 11.8 Å². The van der Waals surface area contributed by atoms with E-state index in [-0.39, 0.29) is 11.8 Å². The van der Waals surface area contributed by atoms with Crippen LogP contribution in [0.2, 0.25) is 0 Å². The normalized spacial score (nSPS) is 23.3. The van der Waals surface area contributed by atoms with E-state index in [9.17, 15) is 9.59 Å². The van der Waals surface area contributed by atoms with Crippen molar-refractivity contribution < 1.29 is 14.7 Å². The van der Waals surface area contributed by atoms with Crippen molar-refractivity contribution in [2.45, 2.75) is 25.7 Å². The van der Waals surface area contributed by atoms with Crippen LogP contribution in [0.5, 0.6) is 0 Å². The summed E-state index contributed by atoms with van der Waals surface area (Å²) in [5, 5.41) is 11.9. The highest BCUT2D eigenvalue weighted by molar-refractivity contribution is 7.99. The van der Waals surface area contributed by atoms with Crippen LogP contribution in [0.25, 0.3) is 0 Å². The van der Waals surface area contributed by atoms with E-state index < -0.39 is 11.9 Å². The second kappa shape index (κ2) is 8.19. The Morgan fingerprint density at radius 2 is 2.00 bits per heavy atom. The third kappa shape index (κ3) is 4.72. The molecule has 0 unspecified atom stereocenters. The summed E-state index contributed by atoms with van der Waals surface area (Å²) in [6, 6.07) is 0. The molecule has 1 aliphatic carbocycles. The molecule has 18 heavy (non-hydrogen) atoms. The smallest absolute Gasteiger partial charge is 0.307 e. The van der Waals surface area contributed by atoms with E-state index >= 15 is 0 Å². The molecular formula is C13H21NO3S. The SMILES string of the molecule is C=CCSCCNC(=O)[C@@H]1CCCC[C@@H]1C(=O)O. The van der Waals surface area contributed by atoms with E-state index in [1.165, 1.54) is 0 Å². The topological polar surface area (TPSA) is 66.4 Å². The van der Waals surface area contributed by atoms with Crippen LogP contribution in [-0.2, 0) is 9.59 Å². The molecular weight excluding hydrogens is 250 g/mol. The van der Waals surface area contributed by atoms with Gasteiger partial charge < -0.3 is 10.4 Å². The number of carboxylic acid groups (broad SMARTS) is 1. The molecule has 1 amide bonds. The first-order chi connectivity index (χ1) is 8.66. The lowest BCUT2D eigenvalue weighted by Crippen LogP contribution is -2.40. The maximum atomic E-state index is 11.9. The van der Waals surface area contributed by atoms with E-state index in [4.69, 9.17) is 5.11 Å². The van der Waals surface area contributed by atoms with Gasteiger partial charge >= 0.3 is 5.97 Å². The monoisotopic (exact) mass is 271 g/mol. The van der Waals surface area contributed by atoms with Gasteiger partial charge in [0.1, 0.15) is 0 Å². The summed E-state index contributed by atoms with van der Waals surface area (Å²) in [6.07, 6.45) is 5.01. The predicted octanol–water partition coefficient (Wildman–Crippen LogP) is 1.91. The highest BCUT2D eigenvalue weighted by atomic mass is 32.2. The molecule has 2 atom stereocenters. The van der Waals surface area contributed by atoms with Crippen molar-refractivity contribution in [3.63, 3.8) is 0 Å². The van der Waals surface area contributed by atoms with Gasteiger partial charge in [0, 0.05) is 18.1 Å². The number of hydrogen-bond acceptors (Lipinski definition) is 3. The van der Waals surface area contributed by atoms with Crippen molar-refractivity contribution in [1.82, 2.24) is 5.32 Å². The zero-order valence-electron chi connectivity index (χ0n) is 10.6. The van der Waals surface area contributed by atoms with E-state index in [1.807, 2.05) is 6.08 Å². The molecule has 5 heteroatoms. The maximum absolute atomic E-state index is 11.9. The van der Waals surface area contributed by atoms with Crippen LogP contribution in [0.4, 0.5) is 0 Å². The first kappa shape index (κ1) is 15.1. The summed E-state index contributed by atoms with van der Waals surface area (Å²) in [4.78, 5) is 23.0. The van der Waals surface area contributed by atoms with Gasteiger partial charge in [-0.2, -0.15) is 11.8 Å². The first-order valence-corrected chi connectivity index (χ1v) is 7.51. The van der Waals surface area contributed by atoms with Crippen LogP contribution in [-0.4, -0.2) is 35.0 Å². The van der Waals surface area contributed by atoms with Crippen molar-refractivity contribution in [3.05, 3.63) is 12.7 Å². The van der Waals surface area contributed by atoms with Gasteiger partial charge in [-0.3, -0.25) is 9.59 Å². The van der Waals surface area contributed by atoms with Gasteiger partial charge in [0.15, 0.2) is 0 Å². The summed E-state index contributed by atoms with van der Waals surface area (Å²) in [5.74, 6) is -0.0726. The number of rotatable bonds is 7. The molecule has 0 aliphatic heterocycles. The summed E-state index contributed by atoms with van der Waals surface area (Å²) in [6.45, 7) is 4.22. The number of carbonyl (C=O) groups excluding carboxylic acids is 1. The lowest BCUT2D eigenvalue weighted by molar-refractivity contribution is -0.148. The lowest BCUT2D eigenvalue weighted by atomic mass is 9.79. The Morgan fingerprint density at radius 3 is 2.61 bits per heavy atom. The number of nitrogens with one attached hydrogen (secondary N) is 1. The Kier molecular flexibility index (Phi) is 6.86. The molecule has 0 bridgehead atoms. The average Bonchev–Trinajstić information content (AvgIpc) is 2.38. The van der Waals surface area contributed by atoms with Crippen molar-refractivity contribution >= 4 is 23.6 Å². The minimum absolute atomic E-state index is 0.0960. The van der Waals surface area contributed by atoms with Gasteiger partial charge in [0.25, 0.3) is 0 Å². The fourth-order valence-electron chi connectivity index (χ4n) is 2.28. The van der Waals surface area contributed by atoms with Crippen LogP contribution < -0.4 is 5.32 Å². The molecule has 0 radical (unpaired) electrons. The molecule has 0 heterocycles. The molecule has 0 spiro atoms. The van der Waals surface area contributed by atoms with Crippen molar-refractivity contribution in [2.75, 3.05) is 18.1 Å². The number of carboxylic acids is 1. The molecule has 0 saturated heterocycles. The average molecular weight is 271 g/mol. The van der Waals surface area contributed by atoms with Gasteiger partial charge in [-0.25, -0.2) is 0 Å². The Hall–Kier alpha value is -0.970. The van der Waals surface area contributed by atoms with Crippen molar-refractivity contribution in [3.8, 4) is 0 Å². The van der Waals surface area contributed by atoms with E-state index in [1.54, 1.807) is 11.8 Å². The largest absolute Gasteiger partial charge is 0.481 e. The van der Waals surface area contributed by atoms with Gasteiger partial charge in [-0.05, 0) is 12.8 Å². The van der Waals surface area contributed by atoms with E-state index in [0.717, 1.165) is 24.3 Å². The van der Waals surface area contributed by atoms with Crippen LogP contribution >= 0.6 is 11.8 Å². The second-order valence-electron chi connectivity index (χ2n) is 4.49. The molecule has 1 aliphatic rings. The molecule has 102 valence electrons. The summed E-state index contributed by atoms with van der Waals surface area (Å²) in [5.41, 5.74) is 0. The number of amides is 1. The quantitative estimate of drug-likeness (QED) is 0.548. The number of aliphatic carboxylic acids is 1. The summed E-state index contributed by atoms with van der Waals surface area (Å²) < 4.78 is 0. The lowest BCUT2D eigenvalue weighted by Gasteiger charge is -2.27. The highest BCUT2D eigenvalue weighted by Crippen LogP contribution is 2.30. The molecule has 0 aromatic heterocycles. The molecule has 0 aromatic rings. The number of hydrogen-bond donors (Lipinski definition) is 2. The molecule has 2 N–H and O–H groups in total. The summed E-state index contributed by atoms with van der Waals surface area (Å²) in [7, 11) is 0. The first-order valence-electron chi connectivity index (χ1n) is 6.36. The Labute approximate surface area is 112 Å². The van der Waals surface area contributed by atoms with Crippen LogP contribution in [0.3, 0.4) is 0 Å². The Balaban J connectivity index is 2.34. The fraction of sp³-hybridized carbons (Fsp3) is 0.692. The van der Waals surface area contributed by atoms with Gasteiger partial charge in [0.2, 0.25) is 5.91 Å². The predicted molar refractivity (Wildman–Crippen MR) is 73.6 cm³/mol. The van der Waals surface area contributed by atoms with Crippen molar-refractivity contribution in [2.24, 2.45) is 11.8 Å². The Bertz CT molecular complexity index is 307. The third-order valence-electron chi connectivity index (χ3n) is 3.20. The minimum atomic E-state index is -0.837. The summed E-state index contributed by atoms with van der Waals surface area (Å²) >= 11 is 1.70. The second-order valence-corrected chi connectivity index (χ2v) is 5.64. The number of thioether (sulfide) groups is 1. The minimum Gasteiger partial charge on any atom is -0.481 e. The molecule has 1 saturated carbocycles. The van der Waals surface area contributed by atoms with Crippen LogP contribution in [0.1, 0.15) is 25.7 Å². The zero-order valence-corrected chi connectivity index (χ0v) is 11.4. The highest BCUT2D eigenvalue weighted by Gasteiger charge is 2.35. The van der Waals surface area contributed by atoms with Gasteiger partial charge in [-0.15, -0.1) is 6.58 Å². The molecule has 1 rings (SSSR count). The third-order valence-corrected chi connectivity index (χ3v) is 4.17. The van der Waals surface area contributed by atoms with E-state index in [2.05, 4.69) is 11.9 Å². The molecule has 1 fully saturated rings.